The molecule has 0 aliphatic heterocycles. The van der Waals surface area contributed by atoms with E-state index in [4.69, 9.17) is 0 Å². The Kier molecular flexibility index (Phi) is 6.51. The Morgan fingerprint density at radius 2 is 1.82 bits per heavy atom. The minimum atomic E-state index is -0.0691. The summed E-state index contributed by atoms with van der Waals surface area (Å²) in [5, 5.41) is 3.02. The summed E-state index contributed by atoms with van der Waals surface area (Å²) in [6, 6.07) is 24.2. The van der Waals surface area contributed by atoms with Crippen LogP contribution in [0.15, 0.2) is 95.9 Å². The summed E-state index contributed by atoms with van der Waals surface area (Å²) in [6.07, 6.45) is 5.51. The third-order valence-corrected chi connectivity index (χ3v) is 7.47. The number of thioether (sulfide) groups is 1. The molecule has 0 aliphatic carbocycles. The Hall–Kier alpha value is -3.42. The van der Waals surface area contributed by atoms with Gasteiger partial charge in [0.15, 0.2) is 4.34 Å². The first-order chi connectivity index (χ1) is 16.2. The van der Waals surface area contributed by atoms with Crippen molar-refractivity contribution in [1.29, 1.82) is 0 Å². The van der Waals surface area contributed by atoms with E-state index in [-0.39, 0.29) is 5.91 Å². The highest BCUT2D eigenvalue weighted by atomic mass is 32.2. The summed E-state index contributed by atoms with van der Waals surface area (Å²) in [5.41, 5.74) is 5.13. The standard InChI is InChI=1S/C26H22N4OS2/c31-25(28-15-20-4-3-5-21(14-20)16-30-13-12-27-18-30)22-10-8-19(9-11-22)17-32-26-29-23-6-1-2-7-24(23)33-26/h1-14,18H,15-17H2,(H,28,31). The molecule has 2 heterocycles. The highest BCUT2D eigenvalue weighted by molar-refractivity contribution is 8.00. The van der Waals surface area contributed by atoms with Crippen LogP contribution in [0.25, 0.3) is 10.2 Å². The summed E-state index contributed by atoms with van der Waals surface area (Å²) in [7, 11) is 0. The van der Waals surface area contributed by atoms with Crippen molar-refractivity contribution in [2.24, 2.45) is 0 Å². The lowest BCUT2D eigenvalue weighted by Crippen LogP contribution is -2.22. The van der Waals surface area contributed by atoms with Gasteiger partial charge in [-0.2, -0.15) is 0 Å². The normalized spacial score (nSPS) is 11.0. The van der Waals surface area contributed by atoms with Crippen LogP contribution in [0.2, 0.25) is 0 Å². The molecule has 1 amide bonds. The van der Waals surface area contributed by atoms with Crippen molar-refractivity contribution in [2.75, 3.05) is 0 Å². The van der Waals surface area contributed by atoms with E-state index in [1.807, 2.05) is 65.4 Å². The van der Waals surface area contributed by atoms with Gasteiger partial charge in [0, 0.05) is 36.8 Å². The minimum Gasteiger partial charge on any atom is -0.348 e. The molecule has 33 heavy (non-hydrogen) atoms. The molecular formula is C26H22N4OS2. The van der Waals surface area contributed by atoms with Gasteiger partial charge in [0.05, 0.1) is 16.5 Å². The molecule has 164 valence electrons. The number of hydrogen-bond donors (Lipinski definition) is 1. The van der Waals surface area contributed by atoms with E-state index in [0.717, 1.165) is 27.7 Å². The third-order valence-electron chi connectivity index (χ3n) is 5.22. The van der Waals surface area contributed by atoms with Gasteiger partial charge < -0.3 is 9.88 Å². The van der Waals surface area contributed by atoms with Gasteiger partial charge in [-0.05, 0) is 41.0 Å². The maximum atomic E-state index is 12.6. The molecule has 3 aromatic carbocycles. The molecular weight excluding hydrogens is 448 g/mol. The summed E-state index contributed by atoms with van der Waals surface area (Å²) in [6.45, 7) is 1.25. The average molecular weight is 471 g/mol. The number of thiazole rings is 1. The molecule has 0 radical (unpaired) electrons. The van der Waals surface area contributed by atoms with Crippen molar-refractivity contribution < 1.29 is 4.79 Å². The lowest BCUT2D eigenvalue weighted by atomic mass is 10.1. The third kappa shape index (κ3) is 5.50. The summed E-state index contributed by atoms with van der Waals surface area (Å²) in [4.78, 5) is 21.4. The molecule has 5 aromatic rings. The molecule has 5 nitrogen and oxygen atoms in total. The summed E-state index contributed by atoms with van der Waals surface area (Å²) >= 11 is 3.44. The van der Waals surface area contributed by atoms with E-state index in [1.165, 1.54) is 15.8 Å². The Bertz CT molecular complexity index is 1330. The highest BCUT2D eigenvalue weighted by Gasteiger charge is 2.08. The lowest BCUT2D eigenvalue weighted by Gasteiger charge is -2.09. The molecule has 0 aliphatic rings. The van der Waals surface area contributed by atoms with Crippen LogP contribution in [0.3, 0.4) is 0 Å². The van der Waals surface area contributed by atoms with E-state index in [2.05, 4.69) is 33.5 Å². The van der Waals surface area contributed by atoms with Gasteiger partial charge in [-0.25, -0.2) is 9.97 Å². The number of carbonyl (C=O) groups is 1. The minimum absolute atomic E-state index is 0.0691. The Labute approximate surface area is 200 Å². The number of rotatable bonds is 8. The van der Waals surface area contributed by atoms with E-state index in [0.29, 0.717) is 12.1 Å². The lowest BCUT2D eigenvalue weighted by molar-refractivity contribution is 0.0951. The molecule has 2 aromatic heterocycles. The topological polar surface area (TPSA) is 59.8 Å². The number of amides is 1. The van der Waals surface area contributed by atoms with E-state index < -0.39 is 0 Å². The second-order valence-corrected chi connectivity index (χ2v) is 9.92. The number of fused-ring (bicyclic) bond motifs is 1. The number of aromatic nitrogens is 3. The molecule has 0 unspecified atom stereocenters. The van der Waals surface area contributed by atoms with Gasteiger partial charge in [-0.3, -0.25) is 4.79 Å². The second-order valence-electron chi connectivity index (χ2n) is 7.67. The van der Waals surface area contributed by atoms with Crippen molar-refractivity contribution in [2.45, 2.75) is 23.2 Å². The Balaban J connectivity index is 1.14. The SMILES string of the molecule is O=C(NCc1cccc(Cn2ccnc2)c1)c1ccc(CSc2nc3ccccc3s2)cc1. The maximum absolute atomic E-state index is 12.6. The Morgan fingerprint density at radius 1 is 0.970 bits per heavy atom. The maximum Gasteiger partial charge on any atom is 0.251 e. The molecule has 5 rings (SSSR count). The first-order valence-electron chi connectivity index (χ1n) is 10.6. The number of imidazole rings is 1. The predicted molar refractivity (Wildman–Crippen MR) is 135 cm³/mol. The largest absolute Gasteiger partial charge is 0.348 e. The summed E-state index contributed by atoms with van der Waals surface area (Å²) in [5.74, 6) is 0.756. The van der Waals surface area contributed by atoms with Crippen molar-refractivity contribution >= 4 is 39.2 Å². The van der Waals surface area contributed by atoms with E-state index >= 15 is 0 Å². The molecule has 0 saturated heterocycles. The molecule has 0 fully saturated rings. The van der Waals surface area contributed by atoms with Gasteiger partial charge in [0.1, 0.15) is 0 Å². The fraction of sp³-hybridized carbons (Fsp3) is 0.115. The fourth-order valence-corrected chi connectivity index (χ4v) is 5.55. The van der Waals surface area contributed by atoms with Crippen LogP contribution in [-0.2, 0) is 18.8 Å². The monoisotopic (exact) mass is 470 g/mol. The van der Waals surface area contributed by atoms with Gasteiger partial charge in [-0.1, -0.05) is 60.3 Å². The van der Waals surface area contributed by atoms with Gasteiger partial charge in [-0.15, -0.1) is 11.3 Å². The van der Waals surface area contributed by atoms with Crippen LogP contribution >= 0.6 is 23.1 Å². The molecule has 0 atom stereocenters. The number of para-hydroxylation sites is 1. The zero-order valence-electron chi connectivity index (χ0n) is 17.8. The average Bonchev–Trinajstić information content (AvgIpc) is 3.51. The molecule has 0 spiro atoms. The molecule has 0 saturated carbocycles. The van der Waals surface area contributed by atoms with Crippen LogP contribution in [0.4, 0.5) is 0 Å². The quantitative estimate of drug-likeness (QED) is 0.293. The molecule has 7 heteroatoms. The number of nitrogens with one attached hydrogen (secondary N) is 1. The van der Waals surface area contributed by atoms with Crippen molar-refractivity contribution in [3.63, 3.8) is 0 Å². The van der Waals surface area contributed by atoms with Crippen molar-refractivity contribution in [1.82, 2.24) is 19.9 Å². The smallest absolute Gasteiger partial charge is 0.251 e. The van der Waals surface area contributed by atoms with E-state index in [9.17, 15) is 4.79 Å². The number of benzene rings is 3. The fourth-order valence-electron chi connectivity index (χ4n) is 3.52. The first kappa shape index (κ1) is 21.4. The zero-order chi connectivity index (χ0) is 22.5. The van der Waals surface area contributed by atoms with E-state index in [1.54, 1.807) is 35.6 Å². The zero-order valence-corrected chi connectivity index (χ0v) is 19.5. The Morgan fingerprint density at radius 3 is 2.64 bits per heavy atom. The number of carbonyl (C=O) groups excluding carboxylic acids is 1. The van der Waals surface area contributed by atoms with Gasteiger partial charge >= 0.3 is 0 Å². The first-order valence-corrected chi connectivity index (χ1v) is 12.4. The van der Waals surface area contributed by atoms with Crippen molar-refractivity contribution in [3.8, 4) is 0 Å². The van der Waals surface area contributed by atoms with Gasteiger partial charge in [0.2, 0.25) is 0 Å². The second kappa shape index (κ2) is 10.0. The van der Waals surface area contributed by atoms with Gasteiger partial charge in [0.25, 0.3) is 5.91 Å². The van der Waals surface area contributed by atoms with Crippen molar-refractivity contribution in [3.05, 3.63) is 114 Å². The van der Waals surface area contributed by atoms with Crippen LogP contribution in [0.5, 0.6) is 0 Å². The molecule has 1 N–H and O–H groups in total. The predicted octanol–water partition coefficient (Wildman–Crippen LogP) is 5.76. The highest BCUT2D eigenvalue weighted by Crippen LogP contribution is 2.31. The summed E-state index contributed by atoms with van der Waals surface area (Å²) < 4.78 is 4.29. The van der Waals surface area contributed by atoms with Crippen LogP contribution in [0, 0.1) is 0 Å². The van der Waals surface area contributed by atoms with Crippen LogP contribution in [0.1, 0.15) is 27.0 Å². The molecule has 0 bridgehead atoms. The number of hydrogen-bond acceptors (Lipinski definition) is 5. The van der Waals surface area contributed by atoms with Crippen LogP contribution in [-0.4, -0.2) is 20.4 Å². The van der Waals surface area contributed by atoms with Crippen LogP contribution < -0.4 is 5.32 Å². The number of nitrogens with zero attached hydrogens (tertiary/aromatic N) is 3.